The summed E-state index contributed by atoms with van der Waals surface area (Å²) >= 11 is 1.31. The Morgan fingerprint density at radius 3 is 2.47 bits per heavy atom. The van der Waals surface area contributed by atoms with E-state index in [-0.39, 0.29) is 17.7 Å². The Morgan fingerprint density at radius 2 is 1.78 bits per heavy atom. The van der Waals surface area contributed by atoms with Crippen LogP contribution in [0.5, 0.6) is 0 Å². The third kappa shape index (κ3) is 5.37. The molecular formula is C22H25N5O3S2. The van der Waals surface area contributed by atoms with E-state index in [4.69, 9.17) is 0 Å². The molecule has 0 bridgehead atoms. The Bertz CT molecular complexity index is 1170. The molecule has 8 nitrogen and oxygen atoms in total. The van der Waals surface area contributed by atoms with E-state index in [2.05, 4.69) is 15.5 Å². The van der Waals surface area contributed by atoms with Crippen LogP contribution in [0.3, 0.4) is 0 Å². The van der Waals surface area contributed by atoms with Gasteiger partial charge in [-0.05, 0) is 25.0 Å². The van der Waals surface area contributed by atoms with E-state index < -0.39 is 10.0 Å². The number of carbonyl (C=O) groups excluding carboxylic acids is 1. The molecule has 2 heterocycles. The molecule has 1 unspecified atom stereocenters. The zero-order valence-electron chi connectivity index (χ0n) is 17.7. The van der Waals surface area contributed by atoms with Crippen molar-refractivity contribution in [2.45, 2.75) is 24.0 Å². The number of carbonyl (C=O) groups is 1. The summed E-state index contributed by atoms with van der Waals surface area (Å²) in [5.41, 5.74) is 1.85. The van der Waals surface area contributed by atoms with Crippen LogP contribution < -0.4 is 5.32 Å². The predicted molar refractivity (Wildman–Crippen MR) is 125 cm³/mol. The lowest BCUT2D eigenvalue weighted by atomic mass is 10.1. The van der Waals surface area contributed by atoms with Crippen molar-refractivity contribution in [2.75, 3.05) is 25.1 Å². The number of sulfonamides is 1. The van der Waals surface area contributed by atoms with Crippen LogP contribution >= 0.6 is 11.8 Å². The molecule has 4 rings (SSSR count). The first-order valence-corrected chi connectivity index (χ1v) is 13.2. The Labute approximate surface area is 192 Å². The summed E-state index contributed by atoms with van der Waals surface area (Å²) in [6, 6.07) is 19.4. The van der Waals surface area contributed by atoms with Gasteiger partial charge >= 0.3 is 0 Å². The fourth-order valence-electron chi connectivity index (χ4n) is 3.71. The van der Waals surface area contributed by atoms with Crippen LogP contribution in [-0.4, -0.2) is 64.5 Å². The molecule has 1 aliphatic heterocycles. The molecule has 32 heavy (non-hydrogen) atoms. The van der Waals surface area contributed by atoms with Crippen molar-refractivity contribution < 1.29 is 13.2 Å². The van der Waals surface area contributed by atoms with Gasteiger partial charge in [-0.25, -0.2) is 12.7 Å². The van der Waals surface area contributed by atoms with E-state index in [1.54, 1.807) is 0 Å². The highest BCUT2D eigenvalue weighted by Crippen LogP contribution is 2.27. The highest BCUT2D eigenvalue weighted by molar-refractivity contribution is 7.99. The summed E-state index contributed by atoms with van der Waals surface area (Å²) < 4.78 is 27.0. The third-order valence-corrected chi connectivity index (χ3v) is 7.43. The Kier molecular flexibility index (Phi) is 6.92. The monoisotopic (exact) mass is 471 g/mol. The quantitative estimate of drug-likeness (QED) is 0.532. The first-order valence-electron chi connectivity index (χ1n) is 10.4. The van der Waals surface area contributed by atoms with Crippen LogP contribution in [0, 0.1) is 0 Å². The van der Waals surface area contributed by atoms with E-state index in [1.807, 2.05) is 65.2 Å². The number of nitrogens with one attached hydrogen (secondary N) is 1. The van der Waals surface area contributed by atoms with E-state index in [0.29, 0.717) is 24.1 Å². The van der Waals surface area contributed by atoms with E-state index in [1.165, 1.54) is 22.3 Å². The molecule has 0 saturated carbocycles. The summed E-state index contributed by atoms with van der Waals surface area (Å²) in [6.45, 7) is 0.815. The van der Waals surface area contributed by atoms with Crippen molar-refractivity contribution in [1.29, 1.82) is 0 Å². The van der Waals surface area contributed by atoms with Gasteiger partial charge in [-0.1, -0.05) is 60.3 Å². The highest BCUT2D eigenvalue weighted by atomic mass is 32.2. The van der Waals surface area contributed by atoms with Crippen LogP contribution in [-0.2, 0) is 14.8 Å². The molecule has 1 amide bonds. The average molecular weight is 472 g/mol. The molecule has 0 spiro atoms. The van der Waals surface area contributed by atoms with Gasteiger partial charge in [0.1, 0.15) is 0 Å². The second-order valence-electron chi connectivity index (χ2n) is 7.66. The van der Waals surface area contributed by atoms with Crippen molar-refractivity contribution in [3.05, 3.63) is 60.7 Å². The summed E-state index contributed by atoms with van der Waals surface area (Å²) in [6.07, 6.45) is 2.70. The van der Waals surface area contributed by atoms with E-state index in [9.17, 15) is 13.2 Å². The number of para-hydroxylation sites is 1. The number of rotatable bonds is 7. The summed E-state index contributed by atoms with van der Waals surface area (Å²) in [5.74, 6) is 0.713. The maximum atomic E-state index is 12.6. The number of hydrogen-bond acceptors (Lipinski definition) is 6. The normalized spacial score (nSPS) is 17.2. The zero-order valence-corrected chi connectivity index (χ0v) is 19.3. The molecule has 10 heteroatoms. The summed E-state index contributed by atoms with van der Waals surface area (Å²) in [5, 5.41) is 12.3. The van der Waals surface area contributed by atoms with Gasteiger partial charge in [-0.15, -0.1) is 10.2 Å². The van der Waals surface area contributed by atoms with Crippen LogP contribution in [0.1, 0.15) is 12.8 Å². The molecule has 168 valence electrons. The van der Waals surface area contributed by atoms with Crippen molar-refractivity contribution >= 4 is 27.7 Å². The van der Waals surface area contributed by atoms with Gasteiger partial charge in [-0.3, -0.25) is 9.36 Å². The van der Waals surface area contributed by atoms with Crippen LogP contribution in [0.2, 0.25) is 0 Å². The van der Waals surface area contributed by atoms with Crippen molar-refractivity contribution in [3.8, 4) is 17.1 Å². The van der Waals surface area contributed by atoms with Crippen molar-refractivity contribution in [3.63, 3.8) is 0 Å². The molecule has 1 fully saturated rings. The van der Waals surface area contributed by atoms with Crippen molar-refractivity contribution in [1.82, 2.24) is 24.4 Å². The number of piperidine rings is 1. The molecule has 1 saturated heterocycles. The third-order valence-electron chi connectivity index (χ3n) is 5.23. The first kappa shape index (κ1) is 22.5. The summed E-state index contributed by atoms with van der Waals surface area (Å²) in [4.78, 5) is 12.6. The molecule has 3 aromatic rings. The number of nitrogens with zero attached hydrogens (tertiary/aromatic N) is 4. The minimum atomic E-state index is -3.25. The minimum absolute atomic E-state index is 0.153. The van der Waals surface area contributed by atoms with Crippen LogP contribution in [0.4, 0.5) is 0 Å². The lowest BCUT2D eigenvalue weighted by Gasteiger charge is -2.31. The molecule has 1 atom stereocenters. The summed E-state index contributed by atoms with van der Waals surface area (Å²) in [7, 11) is -3.25. The minimum Gasteiger partial charge on any atom is -0.351 e. The molecular weight excluding hydrogens is 446 g/mol. The first-order chi connectivity index (χ1) is 15.4. The lowest BCUT2D eigenvalue weighted by molar-refractivity contribution is -0.119. The van der Waals surface area contributed by atoms with Gasteiger partial charge < -0.3 is 5.32 Å². The van der Waals surface area contributed by atoms with Gasteiger partial charge in [0.2, 0.25) is 15.9 Å². The standard InChI is InChI=1S/C22H25N5O3S2/c1-32(29,30)26-14-8-11-18(15-26)23-20(28)16-31-22-25-24-21(17-9-4-2-5-10-17)27(22)19-12-6-3-7-13-19/h2-7,9-10,12-13,18H,8,11,14-16H2,1H3,(H,23,28). The van der Waals surface area contributed by atoms with Gasteiger partial charge in [0.15, 0.2) is 11.0 Å². The van der Waals surface area contributed by atoms with Gasteiger partial charge in [0.05, 0.1) is 12.0 Å². The van der Waals surface area contributed by atoms with Crippen LogP contribution in [0.25, 0.3) is 17.1 Å². The molecule has 2 aromatic carbocycles. The SMILES string of the molecule is CS(=O)(=O)N1CCCC(NC(=O)CSc2nnc(-c3ccccc3)n2-c2ccccc2)C1. The molecule has 1 aliphatic rings. The maximum Gasteiger partial charge on any atom is 0.230 e. The number of thioether (sulfide) groups is 1. The van der Waals surface area contributed by atoms with Gasteiger partial charge in [-0.2, -0.15) is 0 Å². The average Bonchev–Trinajstić information content (AvgIpc) is 3.22. The highest BCUT2D eigenvalue weighted by Gasteiger charge is 2.27. The predicted octanol–water partition coefficient (Wildman–Crippen LogP) is 2.57. The number of benzene rings is 2. The fourth-order valence-corrected chi connectivity index (χ4v) is 5.38. The molecule has 1 N–H and O–H groups in total. The molecule has 1 aromatic heterocycles. The van der Waals surface area contributed by atoms with E-state index >= 15 is 0 Å². The number of aromatic nitrogens is 3. The maximum absolute atomic E-state index is 12.6. The number of amides is 1. The largest absolute Gasteiger partial charge is 0.351 e. The zero-order chi connectivity index (χ0) is 22.6. The Morgan fingerprint density at radius 1 is 1.09 bits per heavy atom. The second-order valence-corrected chi connectivity index (χ2v) is 10.6. The second kappa shape index (κ2) is 9.85. The number of hydrogen-bond donors (Lipinski definition) is 1. The van der Waals surface area contributed by atoms with Gasteiger partial charge in [0, 0.05) is 30.4 Å². The smallest absolute Gasteiger partial charge is 0.230 e. The van der Waals surface area contributed by atoms with E-state index in [0.717, 1.165) is 24.1 Å². The Hall–Kier alpha value is -2.69. The Balaban J connectivity index is 1.48. The molecule has 0 radical (unpaired) electrons. The lowest BCUT2D eigenvalue weighted by Crippen LogP contribution is -2.49. The fraction of sp³-hybridized carbons (Fsp3) is 0.318. The molecule has 0 aliphatic carbocycles. The van der Waals surface area contributed by atoms with Crippen molar-refractivity contribution in [2.24, 2.45) is 0 Å². The van der Waals surface area contributed by atoms with Crippen LogP contribution in [0.15, 0.2) is 65.8 Å². The van der Waals surface area contributed by atoms with Gasteiger partial charge in [0.25, 0.3) is 0 Å². The topological polar surface area (TPSA) is 97.2 Å².